The zero-order valence-electron chi connectivity index (χ0n) is 12.6. The Balaban J connectivity index is 1.76. The van der Waals surface area contributed by atoms with Gasteiger partial charge in [-0.3, -0.25) is 4.79 Å². The molecule has 0 unspecified atom stereocenters. The van der Waals surface area contributed by atoms with E-state index >= 15 is 0 Å². The highest BCUT2D eigenvalue weighted by Crippen LogP contribution is 2.30. The Hall–Kier alpha value is -2.09. The van der Waals surface area contributed by atoms with Gasteiger partial charge in [-0.1, -0.05) is 0 Å². The lowest BCUT2D eigenvalue weighted by Crippen LogP contribution is -2.45. The maximum Gasteiger partial charge on any atom is 0.252 e. The first-order valence-corrected chi connectivity index (χ1v) is 7.92. The summed E-state index contributed by atoms with van der Waals surface area (Å²) in [6.45, 7) is 1.72. The lowest BCUT2D eigenvalue weighted by Gasteiger charge is -2.22. The predicted octanol–water partition coefficient (Wildman–Crippen LogP) is 2.99. The third kappa shape index (κ3) is 2.78. The highest BCUT2D eigenvalue weighted by atomic mass is 19.1. The summed E-state index contributed by atoms with van der Waals surface area (Å²) in [5.41, 5.74) is 0.0631. The second kappa shape index (κ2) is 5.96. The molecule has 116 valence electrons. The number of carbonyl (C=O) groups is 1. The molecule has 1 saturated carbocycles. The maximum atomic E-state index is 14.3. The van der Waals surface area contributed by atoms with Gasteiger partial charge in [-0.05, 0) is 56.7 Å². The molecule has 1 amide bonds. The molecule has 1 aliphatic carbocycles. The van der Waals surface area contributed by atoms with Crippen LogP contribution < -0.4 is 10.2 Å². The van der Waals surface area contributed by atoms with Gasteiger partial charge in [0.15, 0.2) is 0 Å². The fourth-order valence-electron chi connectivity index (χ4n) is 3.40. The van der Waals surface area contributed by atoms with Crippen molar-refractivity contribution in [1.82, 2.24) is 5.32 Å². The van der Waals surface area contributed by atoms with Crippen LogP contribution in [0.25, 0.3) is 0 Å². The molecule has 1 aliphatic heterocycles. The molecule has 22 heavy (non-hydrogen) atoms. The quantitative estimate of drug-likeness (QED) is 0.933. The average Bonchev–Trinajstić information content (AvgIpc) is 3.19. The highest BCUT2D eigenvalue weighted by molar-refractivity contribution is 5.95. The zero-order valence-corrected chi connectivity index (χ0v) is 12.6. The molecule has 0 atom stereocenters. The average molecular weight is 301 g/mol. The van der Waals surface area contributed by atoms with Crippen LogP contribution in [-0.4, -0.2) is 24.5 Å². The SMILES string of the molecule is N#CC1(NC(=O)c2ccc(N3CCCC3)c(F)c2)CCCC1. The first kappa shape index (κ1) is 14.8. The molecule has 0 aromatic heterocycles. The summed E-state index contributed by atoms with van der Waals surface area (Å²) in [5.74, 6) is -0.734. The number of nitrogens with one attached hydrogen (secondary N) is 1. The van der Waals surface area contributed by atoms with E-state index in [4.69, 9.17) is 0 Å². The fraction of sp³-hybridized carbons (Fsp3) is 0.529. The third-order valence-corrected chi connectivity index (χ3v) is 4.68. The third-order valence-electron chi connectivity index (χ3n) is 4.68. The Morgan fingerprint density at radius 1 is 1.23 bits per heavy atom. The molecule has 0 radical (unpaired) electrons. The second-order valence-electron chi connectivity index (χ2n) is 6.22. The van der Waals surface area contributed by atoms with Gasteiger partial charge in [-0.25, -0.2) is 4.39 Å². The number of nitriles is 1. The van der Waals surface area contributed by atoms with E-state index in [0.29, 0.717) is 18.5 Å². The van der Waals surface area contributed by atoms with E-state index in [1.54, 1.807) is 12.1 Å². The molecule has 1 N–H and O–H groups in total. The smallest absolute Gasteiger partial charge is 0.252 e. The largest absolute Gasteiger partial charge is 0.369 e. The molecule has 1 aromatic rings. The number of halogens is 1. The molecule has 4 nitrogen and oxygen atoms in total. The van der Waals surface area contributed by atoms with Gasteiger partial charge < -0.3 is 10.2 Å². The standard InChI is InChI=1S/C17H20FN3O/c18-14-11-13(5-6-15(14)21-9-3-4-10-21)16(22)20-17(12-19)7-1-2-8-17/h5-6,11H,1-4,7-10H2,(H,20,22). The number of hydrogen-bond acceptors (Lipinski definition) is 3. The van der Waals surface area contributed by atoms with Crippen molar-refractivity contribution in [2.45, 2.75) is 44.1 Å². The monoisotopic (exact) mass is 301 g/mol. The summed E-state index contributed by atoms with van der Waals surface area (Å²) >= 11 is 0. The van der Waals surface area contributed by atoms with Gasteiger partial charge in [0, 0.05) is 18.7 Å². The van der Waals surface area contributed by atoms with Crippen LogP contribution in [0.1, 0.15) is 48.9 Å². The second-order valence-corrected chi connectivity index (χ2v) is 6.22. The van der Waals surface area contributed by atoms with Crippen molar-refractivity contribution in [3.8, 4) is 6.07 Å². The number of benzene rings is 1. The van der Waals surface area contributed by atoms with Crippen molar-refractivity contribution in [2.24, 2.45) is 0 Å². The zero-order chi connectivity index (χ0) is 15.6. The van der Waals surface area contributed by atoms with Crippen molar-refractivity contribution in [3.05, 3.63) is 29.6 Å². The van der Waals surface area contributed by atoms with E-state index < -0.39 is 5.54 Å². The molecule has 2 aliphatic rings. The summed E-state index contributed by atoms with van der Waals surface area (Å²) < 4.78 is 14.3. The van der Waals surface area contributed by atoms with Crippen LogP contribution in [-0.2, 0) is 0 Å². The number of rotatable bonds is 3. The van der Waals surface area contributed by atoms with Crippen molar-refractivity contribution in [1.29, 1.82) is 5.26 Å². The van der Waals surface area contributed by atoms with E-state index in [-0.39, 0.29) is 17.3 Å². The lowest BCUT2D eigenvalue weighted by molar-refractivity contribution is 0.0920. The van der Waals surface area contributed by atoms with E-state index in [1.165, 1.54) is 6.07 Å². The molecule has 2 fully saturated rings. The van der Waals surface area contributed by atoms with Gasteiger partial charge in [-0.15, -0.1) is 0 Å². The highest BCUT2D eigenvalue weighted by Gasteiger charge is 2.35. The Morgan fingerprint density at radius 2 is 1.91 bits per heavy atom. The summed E-state index contributed by atoms with van der Waals surface area (Å²) in [7, 11) is 0. The van der Waals surface area contributed by atoms with Crippen LogP contribution in [0.3, 0.4) is 0 Å². The van der Waals surface area contributed by atoms with Gasteiger partial charge in [0.25, 0.3) is 5.91 Å². The van der Waals surface area contributed by atoms with Crippen LogP contribution in [0, 0.1) is 17.1 Å². The van der Waals surface area contributed by atoms with Crippen LogP contribution in [0.5, 0.6) is 0 Å². The Kier molecular flexibility index (Phi) is 4.02. The molecule has 1 aromatic carbocycles. The number of hydrogen-bond donors (Lipinski definition) is 1. The molecule has 3 rings (SSSR count). The van der Waals surface area contributed by atoms with Crippen molar-refractivity contribution in [3.63, 3.8) is 0 Å². The first-order valence-electron chi connectivity index (χ1n) is 7.92. The molecule has 0 bridgehead atoms. The molecule has 1 saturated heterocycles. The predicted molar refractivity (Wildman–Crippen MR) is 82.1 cm³/mol. The van der Waals surface area contributed by atoms with Gasteiger partial charge in [0.05, 0.1) is 11.8 Å². The summed E-state index contributed by atoms with van der Waals surface area (Å²) in [6.07, 6.45) is 5.37. The Labute approximate surface area is 129 Å². The summed E-state index contributed by atoms with van der Waals surface area (Å²) in [5, 5.41) is 12.1. The van der Waals surface area contributed by atoms with Gasteiger partial charge in [0.2, 0.25) is 0 Å². The van der Waals surface area contributed by atoms with Crippen LogP contribution in [0.15, 0.2) is 18.2 Å². The fourth-order valence-corrected chi connectivity index (χ4v) is 3.40. The van der Waals surface area contributed by atoms with E-state index in [0.717, 1.165) is 38.8 Å². The molecular formula is C17H20FN3O. The first-order chi connectivity index (χ1) is 10.6. The van der Waals surface area contributed by atoms with E-state index in [9.17, 15) is 14.4 Å². The molecule has 1 heterocycles. The Morgan fingerprint density at radius 3 is 2.50 bits per heavy atom. The summed E-state index contributed by atoms with van der Waals surface area (Å²) in [6, 6.07) is 6.81. The van der Waals surface area contributed by atoms with Crippen molar-refractivity contribution >= 4 is 11.6 Å². The van der Waals surface area contributed by atoms with Crippen molar-refractivity contribution in [2.75, 3.05) is 18.0 Å². The van der Waals surface area contributed by atoms with Crippen molar-refractivity contribution < 1.29 is 9.18 Å². The van der Waals surface area contributed by atoms with E-state index in [2.05, 4.69) is 11.4 Å². The maximum absolute atomic E-state index is 14.3. The van der Waals surface area contributed by atoms with Crippen LogP contribution in [0.2, 0.25) is 0 Å². The minimum Gasteiger partial charge on any atom is -0.369 e. The van der Waals surface area contributed by atoms with Gasteiger partial charge >= 0.3 is 0 Å². The minimum atomic E-state index is -0.777. The number of anilines is 1. The molecule has 0 spiro atoms. The topological polar surface area (TPSA) is 56.1 Å². The van der Waals surface area contributed by atoms with Gasteiger partial charge in [0.1, 0.15) is 11.4 Å². The number of nitrogens with zero attached hydrogens (tertiary/aromatic N) is 2. The van der Waals surface area contributed by atoms with Gasteiger partial charge in [-0.2, -0.15) is 5.26 Å². The Bertz CT molecular complexity index is 611. The normalized spacial score (nSPS) is 19.9. The molecular weight excluding hydrogens is 281 g/mol. The minimum absolute atomic E-state index is 0.280. The van der Waals surface area contributed by atoms with E-state index in [1.807, 2.05) is 4.90 Å². The number of amides is 1. The van der Waals surface area contributed by atoms with Crippen LogP contribution >= 0.6 is 0 Å². The lowest BCUT2D eigenvalue weighted by atomic mass is 9.99. The molecule has 5 heteroatoms. The summed E-state index contributed by atoms with van der Waals surface area (Å²) in [4.78, 5) is 14.3. The van der Waals surface area contributed by atoms with Crippen LogP contribution in [0.4, 0.5) is 10.1 Å². The number of carbonyl (C=O) groups excluding carboxylic acids is 1.